The normalized spacial score (nSPS) is 11.7. The zero-order chi connectivity index (χ0) is 42.8. The molecule has 0 spiro atoms. The number of rotatable bonds is 6. The number of thiophene rings is 1. The minimum Gasteiger partial charge on any atom is -0.208 e. The summed E-state index contributed by atoms with van der Waals surface area (Å²) in [4.78, 5) is 15.7. The molecule has 11 aromatic carbocycles. The average Bonchev–Trinajstić information content (AvgIpc) is 3.77. The second kappa shape index (κ2) is 15.2. The van der Waals surface area contributed by atoms with E-state index in [-0.39, 0.29) is 0 Å². The Morgan fingerprint density at radius 3 is 1.45 bits per heavy atom. The van der Waals surface area contributed by atoms with Crippen LogP contribution in [0.5, 0.6) is 0 Å². The summed E-state index contributed by atoms with van der Waals surface area (Å²) in [6, 6.07) is 80.7. The van der Waals surface area contributed by atoms with Crippen LogP contribution in [-0.4, -0.2) is 15.0 Å². The summed E-state index contributed by atoms with van der Waals surface area (Å²) in [6.45, 7) is 0. The van der Waals surface area contributed by atoms with Crippen LogP contribution in [0.1, 0.15) is 0 Å². The van der Waals surface area contributed by atoms with E-state index in [0.717, 1.165) is 27.5 Å². The monoisotopic (exact) mass is 843 g/mol. The molecule has 65 heavy (non-hydrogen) atoms. The highest BCUT2D eigenvalue weighted by Gasteiger charge is 2.20. The van der Waals surface area contributed by atoms with Crippen LogP contribution in [0.15, 0.2) is 224 Å². The third-order valence-corrected chi connectivity index (χ3v) is 14.2. The minimum atomic E-state index is 0.648. The van der Waals surface area contributed by atoms with E-state index >= 15 is 0 Å². The average molecular weight is 844 g/mol. The van der Waals surface area contributed by atoms with Gasteiger partial charge in [-0.05, 0) is 107 Å². The Kier molecular flexibility index (Phi) is 8.71. The van der Waals surface area contributed by atoms with Crippen molar-refractivity contribution in [3.05, 3.63) is 224 Å². The zero-order valence-electron chi connectivity index (χ0n) is 35.1. The van der Waals surface area contributed by atoms with E-state index in [1.54, 1.807) is 11.3 Å². The van der Waals surface area contributed by atoms with Gasteiger partial charge >= 0.3 is 0 Å². The molecule has 0 aliphatic carbocycles. The van der Waals surface area contributed by atoms with Gasteiger partial charge in [0.1, 0.15) is 0 Å². The van der Waals surface area contributed by atoms with E-state index in [1.165, 1.54) is 85.9 Å². The maximum Gasteiger partial charge on any atom is 0.165 e. The maximum atomic E-state index is 5.32. The van der Waals surface area contributed by atoms with Crippen LogP contribution in [-0.2, 0) is 0 Å². The fourth-order valence-electron chi connectivity index (χ4n) is 9.90. The van der Waals surface area contributed by atoms with E-state index in [1.807, 2.05) is 18.2 Å². The zero-order valence-corrected chi connectivity index (χ0v) is 35.9. The Labute approximate surface area is 379 Å². The van der Waals surface area contributed by atoms with Crippen LogP contribution in [0.25, 0.3) is 131 Å². The van der Waals surface area contributed by atoms with Gasteiger partial charge in [0, 0.05) is 36.9 Å². The van der Waals surface area contributed by atoms with Crippen molar-refractivity contribution in [2.75, 3.05) is 0 Å². The SMILES string of the molecule is c1ccc(-c2nc(-c3ccc(-c4cc5ccc(-c6ccc(-c7ccccc7)c7ccccc67)cc5c5ccccc45)c4ccccc34)nc(-c3cccc4c3sc3ccccc34)n2)cc1. The van der Waals surface area contributed by atoms with Crippen molar-refractivity contribution < 1.29 is 0 Å². The van der Waals surface area contributed by atoms with Crippen LogP contribution in [0.3, 0.4) is 0 Å². The molecule has 13 rings (SSSR count). The van der Waals surface area contributed by atoms with Gasteiger partial charge < -0.3 is 0 Å². The summed E-state index contributed by atoms with van der Waals surface area (Å²) in [6.07, 6.45) is 0. The largest absolute Gasteiger partial charge is 0.208 e. The summed E-state index contributed by atoms with van der Waals surface area (Å²) in [5.74, 6) is 1.96. The smallest absolute Gasteiger partial charge is 0.165 e. The fourth-order valence-corrected chi connectivity index (χ4v) is 11.1. The van der Waals surface area contributed by atoms with Gasteiger partial charge in [-0.1, -0.05) is 194 Å². The first-order chi connectivity index (χ1) is 32.2. The van der Waals surface area contributed by atoms with Crippen LogP contribution in [0, 0.1) is 0 Å². The molecule has 0 N–H and O–H groups in total. The van der Waals surface area contributed by atoms with Crippen molar-refractivity contribution in [3.8, 4) is 67.5 Å². The van der Waals surface area contributed by atoms with Crippen LogP contribution < -0.4 is 0 Å². The highest BCUT2D eigenvalue weighted by Crippen LogP contribution is 2.44. The molecule has 0 amide bonds. The molecule has 0 radical (unpaired) electrons. The van der Waals surface area contributed by atoms with Crippen LogP contribution >= 0.6 is 11.3 Å². The minimum absolute atomic E-state index is 0.648. The summed E-state index contributed by atoms with van der Waals surface area (Å²) in [5.41, 5.74) is 10.2. The second-order valence-corrected chi connectivity index (χ2v) is 17.7. The molecule has 13 aromatic rings. The Bertz CT molecular complexity index is 4000. The van der Waals surface area contributed by atoms with Crippen molar-refractivity contribution in [3.63, 3.8) is 0 Å². The highest BCUT2D eigenvalue weighted by atomic mass is 32.1. The third kappa shape index (κ3) is 6.22. The summed E-state index contributed by atoms with van der Waals surface area (Å²) >= 11 is 1.79. The molecule has 0 aliphatic rings. The summed E-state index contributed by atoms with van der Waals surface area (Å²) in [5, 5.41) is 12.1. The van der Waals surface area contributed by atoms with Gasteiger partial charge in [0.2, 0.25) is 0 Å². The number of fused-ring (bicyclic) bond motifs is 8. The Morgan fingerprint density at radius 1 is 0.246 bits per heavy atom. The maximum absolute atomic E-state index is 5.32. The van der Waals surface area contributed by atoms with Crippen LogP contribution in [0.2, 0.25) is 0 Å². The van der Waals surface area contributed by atoms with Crippen molar-refractivity contribution >= 4 is 74.6 Å². The fraction of sp³-hybridized carbons (Fsp3) is 0. The molecule has 0 bridgehead atoms. The van der Waals surface area contributed by atoms with Gasteiger partial charge in [-0.2, -0.15) is 0 Å². The molecule has 0 unspecified atom stereocenters. The van der Waals surface area contributed by atoms with E-state index < -0.39 is 0 Å². The number of hydrogen-bond acceptors (Lipinski definition) is 4. The number of hydrogen-bond donors (Lipinski definition) is 0. The molecule has 0 aliphatic heterocycles. The van der Waals surface area contributed by atoms with Gasteiger partial charge in [0.25, 0.3) is 0 Å². The first kappa shape index (κ1) is 37.3. The quantitative estimate of drug-likeness (QED) is 0.157. The predicted octanol–water partition coefficient (Wildman–Crippen LogP) is 16.9. The molecule has 4 heteroatoms. The van der Waals surface area contributed by atoms with Gasteiger partial charge in [-0.3, -0.25) is 0 Å². The molecule has 2 aromatic heterocycles. The number of aromatic nitrogens is 3. The molecule has 0 saturated heterocycles. The third-order valence-electron chi connectivity index (χ3n) is 12.9. The van der Waals surface area contributed by atoms with Crippen molar-refractivity contribution in [2.24, 2.45) is 0 Å². The molecule has 0 fully saturated rings. The van der Waals surface area contributed by atoms with Gasteiger partial charge in [-0.25, -0.2) is 15.0 Å². The molecular weight excluding hydrogens is 807 g/mol. The van der Waals surface area contributed by atoms with E-state index in [4.69, 9.17) is 15.0 Å². The topological polar surface area (TPSA) is 38.7 Å². The van der Waals surface area contributed by atoms with E-state index in [9.17, 15) is 0 Å². The van der Waals surface area contributed by atoms with E-state index in [0.29, 0.717) is 17.5 Å². The van der Waals surface area contributed by atoms with Crippen LogP contribution in [0.4, 0.5) is 0 Å². The Hall–Kier alpha value is -8.31. The standard InChI is InChI=1S/C61H37N3S/c1-3-16-38(17-4-1)42-32-33-43(45-21-8-7-20-44(42)45)40-30-31-41-37-56(49-25-12-11-24-48(49)55(41)36-40)50-34-35-53(47-23-10-9-22-46(47)50)60-62-59(39-18-5-2-6-19-39)63-61(64-60)54-28-15-27-52-51-26-13-14-29-57(51)65-58(52)54/h1-37H. The molecule has 0 atom stereocenters. The molecule has 302 valence electrons. The lowest BCUT2D eigenvalue weighted by Crippen LogP contribution is -2.01. The lowest BCUT2D eigenvalue weighted by molar-refractivity contribution is 1.08. The lowest BCUT2D eigenvalue weighted by atomic mass is 9.87. The van der Waals surface area contributed by atoms with Crippen molar-refractivity contribution in [2.45, 2.75) is 0 Å². The molecule has 0 saturated carbocycles. The predicted molar refractivity (Wildman–Crippen MR) is 275 cm³/mol. The molecular formula is C61H37N3S. The second-order valence-electron chi connectivity index (χ2n) is 16.6. The van der Waals surface area contributed by atoms with Crippen molar-refractivity contribution in [1.29, 1.82) is 0 Å². The lowest BCUT2D eigenvalue weighted by Gasteiger charge is -2.17. The van der Waals surface area contributed by atoms with Crippen molar-refractivity contribution in [1.82, 2.24) is 15.0 Å². The number of benzene rings is 11. The first-order valence-corrected chi connectivity index (χ1v) is 22.8. The van der Waals surface area contributed by atoms with Gasteiger partial charge in [0.15, 0.2) is 17.5 Å². The van der Waals surface area contributed by atoms with Gasteiger partial charge in [0.05, 0.1) is 0 Å². The number of nitrogens with zero attached hydrogens (tertiary/aromatic N) is 3. The van der Waals surface area contributed by atoms with E-state index in [2.05, 4.69) is 206 Å². The Balaban J connectivity index is 0.971. The highest BCUT2D eigenvalue weighted by molar-refractivity contribution is 7.26. The molecule has 2 heterocycles. The Morgan fingerprint density at radius 2 is 0.738 bits per heavy atom. The summed E-state index contributed by atoms with van der Waals surface area (Å²) < 4.78 is 2.42. The van der Waals surface area contributed by atoms with Gasteiger partial charge in [-0.15, -0.1) is 11.3 Å². The molecule has 3 nitrogen and oxygen atoms in total. The first-order valence-electron chi connectivity index (χ1n) is 22.0. The summed E-state index contributed by atoms with van der Waals surface area (Å²) in [7, 11) is 0.